The van der Waals surface area contributed by atoms with Gasteiger partial charge in [-0.05, 0) is 18.2 Å². The molecule has 0 radical (unpaired) electrons. The summed E-state index contributed by atoms with van der Waals surface area (Å²) in [6.45, 7) is 7.45. The molecule has 0 aliphatic carbocycles. The van der Waals surface area contributed by atoms with Crippen molar-refractivity contribution in [1.29, 1.82) is 0 Å². The van der Waals surface area contributed by atoms with Crippen molar-refractivity contribution in [3.8, 4) is 5.69 Å². The molecule has 0 spiro atoms. The minimum absolute atomic E-state index is 0.119. The average molecular weight is 389 g/mol. The van der Waals surface area contributed by atoms with Crippen LogP contribution in [-0.4, -0.2) is 60.4 Å². The second-order valence-electron chi connectivity index (χ2n) is 7.63. The van der Waals surface area contributed by atoms with E-state index in [-0.39, 0.29) is 23.3 Å². The molecule has 2 N–H and O–H groups in total. The van der Waals surface area contributed by atoms with E-state index in [9.17, 15) is 9.18 Å². The number of hydrogen-bond donors (Lipinski definition) is 2. The zero-order valence-corrected chi connectivity index (χ0v) is 16.6. The van der Waals surface area contributed by atoms with Crippen LogP contribution in [0.2, 0.25) is 0 Å². The van der Waals surface area contributed by atoms with E-state index >= 15 is 0 Å². The fraction of sp³-hybridized carbons (Fsp3) is 0.500. The second-order valence-corrected chi connectivity index (χ2v) is 7.63. The maximum atomic E-state index is 13.7. The lowest BCUT2D eigenvalue weighted by Crippen LogP contribution is -2.61. The highest BCUT2D eigenvalue weighted by Crippen LogP contribution is 2.48. The summed E-state index contributed by atoms with van der Waals surface area (Å²) in [6.07, 6.45) is 3.48. The van der Waals surface area contributed by atoms with Crippen molar-refractivity contribution < 1.29 is 13.9 Å². The molecule has 3 rings (SSSR count). The molecule has 1 saturated heterocycles. The quantitative estimate of drug-likeness (QED) is 0.680. The normalized spacial score (nSPS) is 18.0. The van der Waals surface area contributed by atoms with Crippen LogP contribution in [0.15, 0.2) is 36.7 Å². The van der Waals surface area contributed by atoms with Crippen LogP contribution in [0.5, 0.6) is 0 Å². The highest BCUT2D eigenvalue weighted by Gasteiger charge is 2.51. The third-order valence-electron chi connectivity index (χ3n) is 4.95. The van der Waals surface area contributed by atoms with Crippen LogP contribution in [0, 0.1) is 11.2 Å². The van der Waals surface area contributed by atoms with Crippen LogP contribution < -0.4 is 10.6 Å². The number of hydrogen-bond acceptors (Lipinski definition) is 4. The molecule has 2 amide bonds. The number of nitrogens with zero attached hydrogens (tertiary/aromatic N) is 3. The minimum atomic E-state index is -0.305. The van der Waals surface area contributed by atoms with Gasteiger partial charge in [-0.15, -0.1) is 0 Å². The van der Waals surface area contributed by atoms with E-state index in [4.69, 9.17) is 4.74 Å². The van der Waals surface area contributed by atoms with E-state index in [1.54, 1.807) is 30.5 Å². The molecule has 1 aromatic carbocycles. The summed E-state index contributed by atoms with van der Waals surface area (Å²) in [6, 6.07) is 6.07. The summed E-state index contributed by atoms with van der Waals surface area (Å²) in [7, 11) is 1.66. The molecule has 1 aromatic heterocycles. The van der Waals surface area contributed by atoms with E-state index in [1.807, 2.05) is 10.6 Å². The SMILES string of the molecule is COCCNCCNC(=O)N1CC(C)(C)C1c1nccn1-c1cccc(F)c1. The number of ether oxygens (including phenoxy) is 1. The van der Waals surface area contributed by atoms with Gasteiger partial charge in [-0.25, -0.2) is 14.2 Å². The Morgan fingerprint density at radius 1 is 1.36 bits per heavy atom. The van der Waals surface area contributed by atoms with Gasteiger partial charge in [-0.3, -0.25) is 0 Å². The Hall–Kier alpha value is -2.45. The molecule has 8 heteroatoms. The number of amides is 2. The van der Waals surface area contributed by atoms with Gasteiger partial charge >= 0.3 is 6.03 Å². The van der Waals surface area contributed by atoms with Crippen molar-refractivity contribution in [2.45, 2.75) is 19.9 Å². The Kier molecular flexibility index (Phi) is 6.31. The van der Waals surface area contributed by atoms with E-state index in [2.05, 4.69) is 29.5 Å². The van der Waals surface area contributed by atoms with Crippen LogP contribution >= 0.6 is 0 Å². The Labute approximate surface area is 164 Å². The maximum Gasteiger partial charge on any atom is 0.318 e. The first-order valence-electron chi connectivity index (χ1n) is 9.47. The summed E-state index contributed by atoms with van der Waals surface area (Å²) in [4.78, 5) is 19.0. The fourth-order valence-corrected chi connectivity index (χ4v) is 3.62. The fourth-order valence-electron chi connectivity index (χ4n) is 3.62. The smallest absolute Gasteiger partial charge is 0.318 e. The van der Waals surface area contributed by atoms with Gasteiger partial charge in [-0.2, -0.15) is 0 Å². The zero-order valence-electron chi connectivity index (χ0n) is 16.6. The standard InChI is InChI=1S/C20H28FN5O2/c1-20(2)14-26(19(27)24-8-7-22-10-12-28-3)17(20)18-23-9-11-25(18)16-6-4-5-15(21)13-16/h4-6,9,11,13,17,22H,7-8,10,12,14H2,1-3H3,(H,24,27). The van der Waals surface area contributed by atoms with Crippen LogP contribution in [-0.2, 0) is 4.74 Å². The van der Waals surface area contributed by atoms with Crippen LogP contribution in [0.4, 0.5) is 9.18 Å². The molecule has 152 valence electrons. The molecule has 1 unspecified atom stereocenters. The first-order valence-corrected chi connectivity index (χ1v) is 9.47. The highest BCUT2D eigenvalue weighted by atomic mass is 19.1. The zero-order chi connectivity index (χ0) is 20.1. The molecular formula is C20H28FN5O2. The number of carbonyl (C=O) groups excluding carboxylic acids is 1. The Balaban J connectivity index is 1.69. The number of methoxy groups -OCH3 is 1. The summed E-state index contributed by atoms with van der Waals surface area (Å²) < 4.78 is 20.5. The van der Waals surface area contributed by atoms with Crippen molar-refractivity contribution in [2.24, 2.45) is 5.41 Å². The number of imidazole rings is 1. The predicted molar refractivity (Wildman–Crippen MR) is 105 cm³/mol. The Morgan fingerprint density at radius 3 is 2.89 bits per heavy atom. The lowest BCUT2D eigenvalue weighted by Gasteiger charge is -2.53. The third-order valence-corrected chi connectivity index (χ3v) is 4.95. The van der Waals surface area contributed by atoms with Gasteiger partial charge in [0.05, 0.1) is 12.6 Å². The molecule has 1 aliphatic heterocycles. The van der Waals surface area contributed by atoms with Gasteiger partial charge in [0.1, 0.15) is 11.6 Å². The lowest BCUT2D eigenvalue weighted by molar-refractivity contribution is -0.0222. The van der Waals surface area contributed by atoms with Crippen LogP contribution in [0.25, 0.3) is 5.69 Å². The van der Waals surface area contributed by atoms with Gasteiger partial charge in [0.25, 0.3) is 0 Å². The number of benzene rings is 1. The highest BCUT2D eigenvalue weighted by molar-refractivity contribution is 5.76. The molecule has 0 bridgehead atoms. The molecule has 0 saturated carbocycles. The second kappa shape index (κ2) is 8.70. The molecule has 7 nitrogen and oxygen atoms in total. The monoisotopic (exact) mass is 389 g/mol. The largest absolute Gasteiger partial charge is 0.383 e. The maximum absolute atomic E-state index is 13.7. The van der Waals surface area contributed by atoms with Gasteiger partial charge in [0.2, 0.25) is 0 Å². The van der Waals surface area contributed by atoms with Crippen molar-refractivity contribution in [1.82, 2.24) is 25.1 Å². The van der Waals surface area contributed by atoms with Gasteiger partial charge in [0, 0.05) is 56.8 Å². The van der Waals surface area contributed by atoms with E-state index in [0.29, 0.717) is 31.9 Å². The van der Waals surface area contributed by atoms with Crippen molar-refractivity contribution in [3.05, 3.63) is 48.3 Å². The number of nitrogens with one attached hydrogen (secondary N) is 2. The summed E-state index contributed by atoms with van der Waals surface area (Å²) in [5.41, 5.74) is 0.572. The van der Waals surface area contributed by atoms with Crippen LogP contribution in [0.3, 0.4) is 0 Å². The number of likely N-dealkylation sites (tertiary alicyclic amines) is 1. The average Bonchev–Trinajstić information content (AvgIpc) is 3.11. The molecule has 2 aromatic rings. The lowest BCUT2D eigenvalue weighted by atomic mass is 9.74. The molecule has 1 aliphatic rings. The molecule has 1 fully saturated rings. The van der Waals surface area contributed by atoms with E-state index in [1.165, 1.54) is 12.1 Å². The minimum Gasteiger partial charge on any atom is -0.383 e. The Bertz CT molecular complexity index is 807. The molecule has 2 heterocycles. The molecule has 1 atom stereocenters. The first-order chi connectivity index (χ1) is 13.4. The third kappa shape index (κ3) is 4.34. The van der Waals surface area contributed by atoms with Crippen LogP contribution in [0.1, 0.15) is 25.7 Å². The van der Waals surface area contributed by atoms with Gasteiger partial charge in [-0.1, -0.05) is 19.9 Å². The molecule has 28 heavy (non-hydrogen) atoms. The van der Waals surface area contributed by atoms with E-state index in [0.717, 1.165) is 12.4 Å². The number of rotatable bonds is 8. The Morgan fingerprint density at radius 2 is 2.18 bits per heavy atom. The summed E-state index contributed by atoms with van der Waals surface area (Å²) >= 11 is 0. The number of aromatic nitrogens is 2. The van der Waals surface area contributed by atoms with Gasteiger partial charge in [0.15, 0.2) is 0 Å². The number of halogens is 1. The van der Waals surface area contributed by atoms with Gasteiger partial charge < -0.3 is 24.8 Å². The topological polar surface area (TPSA) is 71.4 Å². The predicted octanol–water partition coefficient (Wildman–Crippen LogP) is 2.34. The van der Waals surface area contributed by atoms with E-state index < -0.39 is 0 Å². The first kappa shape index (κ1) is 20.3. The molecular weight excluding hydrogens is 361 g/mol. The van der Waals surface area contributed by atoms with Crippen molar-refractivity contribution in [2.75, 3.05) is 39.9 Å². The summed E-state index contributed by atoms with van der Waals surface area (Å²) in [5, 5.41) is 6.14. The number of urea groups is 1. The van der Waals surface area contributed by atoms with Crippen molar-refractivity contribution >= 4 is 6.03 Å². The number of carbonyl (C=O) groups is 1. The van der Waals surface area contributed by atoms with Crippen molar-refractivity contribution in [3.63, 3.8) is 0 Å². The summed E-state index contributed by atoms with van der Waals surface area (Å²) in [5.74, 6) is 0.427.